The maximum absolute atomic E-state index is 9.04. The fourth-order valence-electron chi connectivity index (χ4n) is 1.29. The molecule has 0 amide bonds. The van der Waals surface area contributed by atoms with Gasteiger partial charge in [0.05, 0.1) is 12.3 Å². The molecule has 2 N–H and O–H groups in total. The number of aromatic nitrogens is 2. The van der Waals surface area contributed by atoms with Crippen molar-refractivity contribution in [2.75, 3.05) is 25.6 Å². The fraction of sp³-hybridized carbons (Fsp3) is 0.636. The lowest BCUT2D eigenvalue weighted by Gasteiger charge is -2.14. The van der Waals surface area contributed by atoms with Crippen molar-refractivity contribution in [1.82, 2.24) is 15.3 Å². The van der Waals surface area contributed by atoms with Gasteiger partial charge < -0.3 is 15.3 Å². The fourth-order valence-corrected chi connectivity index (χ4v) is 1.29. The lowest BCUT2D eigenvalue weighted by molar-refractivity contribution is 0.238. The average Bonchev–Trinajstić information content (AvgIpc) is 2.31. The third-order valence-corrected chi connectivity index (χ3v) is 2.39. The van der Waals surface area contributed by atoms with E-state index in [2.05, 4.69) is 15.3 Å². The van der Waals surface area contributed by atoms with Gasteiger partial charge in [-0.05, 0) is 12.5 Å². The highest BCUT2D eigenvalue weighted by atomic mass is 16.3. The smallest absolute Gasteiger partial charge is 0.225 e. The van der Waals surface area contributed by atoms with Gasteiger partial charge >= 0.3 is 0 Å². The minimum atomic E-state index is 0.137. The molecule has 1 aromatic rings. The molecule has 0 aliphatic heterocycles. The number of rotatable bonds is 6. The van der Waals surface area contributed by atoms with Crippen LogP contribution in [0.2, 0.25) is 0 Å². The van der Waals surface area contributed by atoms with E-state index in [1.165, 1.54) is 0 Å². The van der Waals surface area contributed by atoms with Gasteiger partial charge in [0.1, 0.15) is 0 Å². The summed E-state index contributed by atoms with van der Waals surface area (Å²) in [5, 5.41) is 12.3. The second kappa shape index (κ2) is 6.40. The van der Waals surface area contributed by atoms with E-state index in [-0.39, 0.29) is 12.6 Å². The zero-order valence-corrected chi connectivity index (χ0v) is 10.1. The van der Waals surface area contributed by atoms with Crippen LogP contribution < -0.4 is 10.2 Å². The maximum atomic E-state index is 9.04. The zero-order chi connectivity index (χ0) is 12.0. The van der Waals surface area contributed by atoms with Crippen LogP contribution in [0.4, 0.5) is 5.95 Å². The predicted octanol–water partition coefficient (Wildman–Crippen LogP) is 0.403. The van der Waals surface area contributed by atoms with E-state index in [0.29, 0.717) is 12.5 Å². The first kappa shape index (κ1) is 12.9. The standard InChI is InChI=1S/C11H20N4O/c1-4-9(8-16)13-7-10-5-6-12-11(14-10)15(2)3/h5-6,9,13,16H,4,7-8H2,1-3H3/t9-/m1/s1. The van der Waals surface area contributed by atoms with E-state index in [0.717, 1.165) is 12.1 Å². The number of hydrogen-bond acceptors (Lipinski definition) is 5. The van der Waals surface area contributed by atoms with Crippen LogP contribution in [0.5, 0.6) is 0 Å². The quantitative estimate of drug-likeness (QED) is 0.732. The summed E-state index contributed by atoms with van der Waals surface area (Å²) < 4.78 is 0. The number of nitrogens with zero attached hydrogens (tertiary/aromatic N) is 3. The Morgan fingerprint density at radius 3 is 2.81 bits per heavy atom. The van der Waals surface area contributed by atoms with Gasteiger partial charge in [-0.2, -0.15) is 0 Å². The van der Waals surface area contributed by atoms with Gasteiger partial charge in [0, 0.05) is 32.9 Å². The molecule has 0 saturated heterocycles. The highest BCUT2D eigenvalue weighted by Gasteiger charge is 2.05. The summed E-state index contributed by atoms with van der Waals surface area (Å²) >= 11 is 0. The van der Waals surface area contributed by atoms with Crippen LogP contribution >= 0.6 is 0 Å². The van der Waals surface area contributed by atoms with Crippen LogP contribution in [0.25, 0.3) is 0 Å². The summed E-state index contributed by atoms with van der Waals surface area (Å²) in [6, 6.07) is 2.02. The largest absolute Gasteiger partial charge is 0.395 e. The molecule has 16 heavy (non-hydrogen) atoms. The molecule has 0 bridgehead atoms. The maximum Gasteiger partial charge on any atom is 0.225 e. The predicted molar refractivity (Wildman–Crippen MR) is 64.4 cm³/mol. The van der Waals surface area contributed by atoms with Gasteiger partial charge in [-0.25, -0.2) is 9.97 Å². The molecule has 1 aromatic heterocycles. The molecule has 0 spiro atoms. The molecule has 1 heterocycles. The Bertz CT molecular complexity index is 313. The molecular weight excluding hydrogens is 204 g/mol. The van der Waals surface area contributed by atoms with Crippen molar-refractivity contribution >= 4 is 5.95 Å². The van der Waals surface area contributed by atoms with Crippen LogP contribution in [0.1, 0.15) is 19.0 Å². The van der Waals surface area contributed by atoms with Gasteiger partial charge in [0.2, 0.25) is 5.95 Å². The topological polar surface area (TPSA) is 61.3 Å². The molecule has 5 nitrogen and oxygen atoms in total. The highest BCUT2D eigenvalue weighted by Crippen LogP contribution is 2.03. The number of nitrogens with one attached hydrogen (secondary N) is 1. The molecule has 0 unspecified atom stereocenters. The molecule has 0 aromatic carbocycles. The van der Waals surface area contributed by atoms with Gasteiger partial charge in [-0.3, -0.25) is 0 Å². The monoisotopic (exact) mass is 224 g/mol. The third kappa shape index (κ3) is 3.75. The minimum absolute atomic E-state index is 0.137. The molecule has 1 atom stereocenters. The lowest BCUT2D eigenvalue weighted by atomic mass is 10.2. The normalized spacial score (nSPS) is 12.5. The van der Waals surface area contributed by atoms with E-state index in [4.69, 9.17) is 5.11 Å². The van der Waals surface area contributed by atoms with Gasteiger partial charge in [-0.1, -0.05) is 6.92 Å². The van der Waals surface area contributed by atoms with E-state index in [9.17, 15) is 0 Å². The molecule has 5 heteroatoms. The first-order valence-corrected chi connectivity index (χ1v) is 5.50. The van der Waals surface area contributed by atoms with Crippen molar-refractivity contribution in [2.24, 2.45) is 0 Å². The van der Waals surface area contributed by atoms with Crippen molar-refractivity contribution in [3.63, 3.8) is 0 Å². The Morgan fingerprint density at radius 2 is 2.25 bits per heavy atom. The summed E-state index contributed by atoms with van der Waals surface area (Å²) in [5.74, 6) is 0.705. The zero-order valence-electron chi connectivity index (χ0n) is 10.1. The van der Waals surface area contributed by atoms with Crippen LogP contribution in [-0.2, 0) is 6.54 Å². The van der Waals surface area contributed by atoms with Crippen LogP contribution in [-0.4, -0.2) is 41.8 Å². The number of anilines is 1. The second-order valence-corrected chi connectivity index (χ2v) is 3.91. The van der Waals surface area contributed by atoms with Crippen molar-refractivity contribution in [1.29, 1.82) is 0 Å². The van der Waals surface area contributed by atoms with Crippen molar-refractivity contribution in [2.45, 2.75) is 25.9 Å². The Kier molecular flexibility index (Phi) is 5.14. The average molecular weight is 224 g/mol. The molecule has 0 aliphatic rings. The molecule has 0 fully saturated rings. The summed E-state index contributed by atoms with van der Waals surface area (Å²) in [4.78, 5) is 10.4. The van der Waals surface area contributed by atoms with Crippen molar-refractivity contribution in [3.05, 3.63) is 18.0 Å². The van der Waals surface area contributed by atoms with E-state index in [1.54, 1.807) is 6.20 Å². The lowest BCUT2D eigenvalue weighted by Crippen LogP contribution is -2.31. The highest BCUT2D eigenvalue weighted by molar-refractivity contribution is 5.26. The molecule has 0 aliphatic carbocycles. The molecular formula is C11H20N4O. The molecule has 1 rings (SSSR count). The van der Waals surface area contributed by atoms with E-state index < -0.39 is 0 Å². The van der Waals surface area contributed by atoms with Gasteiger partial charge in [-0.15, -0.1) is 0 Å². The first-order valence-electron chi connectivity index (χ1n) is 5.50. The van der Waals surface area contributed by atoms with Crippen LogP contribution in [0.15, 0.2) is 12.3 Å². The summed E-state index contributed by atoms with van der Waals surface area (Å²) in [7, 11) is 3.82. The summed E-state index contributed by atoms with van der Waals surface area (Å²) in [6.45, 7) is 2.85. The minimum Gasteiger partial charge on any atom is -0.395 e. The Labute approximate surface area is 96.5 Å². The Hall–Kier alpha value is -1.20. The van der Waals surface area contributed by atoms with Gasteiger partial charge in [0.25, 0.3) is 0 Å². The number of aliphatic hydroxyl groups excluding tert-OH is 1. The van der Waals surface area contributed by atoms with Crippen LogP contribution in [0.3, 0.4) is 0 Å². The number of hydrogen-bond donors (Lipinski definition) is 2. The SMILES string of the molecule is CC[C@H](CO)NCc1ccnc(N(C)C)n1. The molecule has 0 saturated carbocycles. The Morgan fingerprint density at radius 1 is 1.50 bits per heavy atom. The van der Waals surface area contributed by atoms with E-state index in [1.807, 2.05) is 32.0 Å². The van der Waals surface area contributed by atoms with Crippen molar-refractivity contribution < 1.29 is 5.11 Å². The van der Waals surface area contributed by atoms with Gasteiger partial charge in [0.15, 0.2) is 0 Å². The third-order valence-electron chi connectivity index (χ3n) is 2.39. The second-order valence-electron chi connectivity index (χ2n) is 3.91. The number of aliphatic hydroxyl groups is 1. The molecule has 90 valence electrons. The first-order chi connectivity index (χ1) is 7.67. The van der Waals surface area contributed by atoms with Crippen LogP contribution in [0, 0.1) is 0 Å². The Balaban J connectivity index is 2.56. The van der Waals surface area contributed by atoms with E-state index >= 15 is 0 Å². The molecule has 0 radical (unpaired) electrons. The summed E-state index contributed by atoms with van der Waals surface area (Å²) in [6.07, 6.45) is 2.65. The van der Waals surface area contributed by atoms with Crippen molar-refractivity contribution in [3.8, 4) is 0 Å². The summed E-state index contributed by atoms with van der Waals surface area (Å²) in [5.41, 5.74) is 0.936.